The van der Waals surface area contributed by atoms with Gasteiger partial charge in [0.05, 0.1) is 6.10 Å². The molecule has 0 N–H and O–H groups in total. The van der Waals surface area contributed by atoms with Crippen molar-refractivity contribution in [2.24, 2.45) is 5.92 Å². The number of Topliss-reactive ketones (excluding diaryl/α,β-unsaturated/α-hetero) is 1. The van der Waals surface area contributed by atoms with Crippen LogP contribution in [0.5, 0.6) is 0 Å². The summed E-state index contributed by atoms with van der Waals surface area (Å²) in [5, 5.41) is 0. The summed E-state index contributed by atoms with van der Waals surface area (Å²) in [7, 11) is 0. The SMILES string of the molecule is O=C(CCC1CCCO1)CC1CCCC(F)(F)C1. The second-order valence-electron chi connectivity index (χ2n) is 5.73. The van der Waals surface area contributed by atoms with E-state index in [9.17, 15) is 13.6 Å². The second-order valence-corrected chi connectivity index (χ2v) is 5.73. The van der Waals surface area contributed by atoms with Crippen molar-refractivity contribution in [3.05, 3.63) is 0 Å². The van der Waals surface area contributed by atoms with Gasteiger partial charge in [-0.1, -0.05) is 0 Å². The van der Waals surface area contributed by atoms with E-state index in [0.717, 1.165) is 32.3 Å². The van der Waals surface area contributed by atoms with Gasteiger partial charge in [0.1, 0.15) is 5.78 Å². The van der Waals surface area contributed by atoms with Gasteiger partial charge in [0, 0.05) is 32.3 Å². The molecule has 2 atom stereocenters. The first-order valence-corrected chi connectivity index (χ1v) is 7.06. The maximum absolute atomic E-state index is 13.2. The Labute approximate surface area is 107 Å². The van der Waals surface area contributed by atoms with Crippen LogP contribution in [0.4, 0.5) is 8.78 Å². The lowest BCUT2D eigenvalue weighted by Gasteiger charge is -2.28. The minimum absolute atomic E-state index is 0.00634. The van der Waals surface area contributed by atoms with E-state index >= 15 is 0 Å². The van der Waals surface area contributed by atoms with Crippen LogP contribution < -0.4 is 0 Å². The second kappa shape index (κ2) is 6.09. The van der Waals surface area contributed by atoms with E-state index in [4.69, 9.17) is 4.74 Å². The van der Waals surface area contributed by atoms with E-state index in [1.807, 2.05) is 0 Å². The number of alkyl halides is 2. The molecule has 2 rings (SSSR count). The van der Waals surface area contributed by atoms with Crippen molar-refractivity contribution in [1.82, 2.24) is 0 Å². The minimum atomic E-state index is -2.54. The lowest BCUT2D eigenvalue weighted by Crippen LogP contribution is -2.27. The van der Waals surface area contributed by atoms with E-state index in [1.54, 1.807) is 0 Å². The highest BCUT2D eigenvalue weighted by atomic mass is 19.3. The molecule has 0 radical (unpaired) electrons. The first-order chi connectivity index (χ1) is 8.55. The summed E-state index contributed by atoms with van der Waals surface area (Å²) in [5.41, 5.74) is 0. The number of carbonyl (C=O) groups excluding carboxylic acids is 1. The summed E-state index contributed by atoms with van der Waals surface area (Å²) < 4.78 is 31.9. The Balaban J connectivity index is 1.67. The van der Waals surface area contributed by atoms with Gasteiger partial charge in [-0.2, -0.15) is 0 Å². The Bertz CT molecular complexity index is 286. The molecule has 1 saturated carbocycles. The lowest BCUT2D eigenvalue weighted by atomic mass is 9.83. The van der Waals surface area contributed by atoms with Crippen molar-refractivity contribution >= 4 is 5.78 Å². The monoisotopic (exact) mass is 260 g/mol. The fraction of sp³-hybridized carbons (Fsp3) is 0.929. The molecule has 2 aliphatic rings. The van der Waals surface area contributed by atoms with Crippen LogP contribution in [0.1, 0.15) is 57.8 Å². The Hall–Kier alpha value is -0.510. The van der Waals surface area contributed by atoms with Gasteiger partial charge in [0.2, 0.25) is 5.92 Å². The normalized spacial score (nSPS) is 31.4. The van der Waals surface area contributed by atoms with Gasteiger partial charge < -0.3 is 4.74 Å². The molecule has 0 aromatic carbocycles. The highest BCUT2D eigenvalue weighted by Crippen LogP contribution is 2.38. The number of ketones is 1. The highest BCUT2D eigenvalue weighted by molar-refractivity contribution is 5.78. The van der Waals surface area contributed by atoms with Crippen molar-refractivity contribution in [3.8, 4) is 0 Å². The standard InChI is InChI=1S/C14H22F2O2/c15-14(16)7-1-3-11(10-14)9-12(17)5-6-13-4-2-8-18-13/h11,13H,1-10H2. The molecule has 1 aliphatic carbocycles. The van der Waals surface area contributed by atoms with Gasteiger partial charge >= 0.3 is 0 Å². The van der Waals surface area contributed by atoms with E-state index in [2.05, 4.69) is 0 Å². The number of rotatable bonds is 5. The lowest BCUT2D eigenvalue weighted by molar-refractivity contribution is -0.122. The van der Waals surface area contributed by atoms with E-state index in [1.165, 1.54) is 0 Å². The van der Waals surface area contributed by atoms with Gasteiger partial charge in [-0.3, -0.25) is 4.79 Å². The van der Waals surface area contributed by atoms with Crippen LogP contribution in [0.25, 0.3) is 0 Å². The summed E-state index contributed by atoms with van der Waals surface area (Å²) in [6, 6.07) is 0. The molecular weight excluding hydrogens is 238 g/mol. The largest absolute Gasteiger partial charge is 0.378 e. The van der Waals surface area contributed by atoms with Crippen molar-refractivity contribution in [2.75, 3.05) is 6.61 Å². The topological polar surface area (TPSA) is 26.3 Å². The molecule has 18 heavy (non-hydrogen) atoms. The fourth-order valence-electron chi connectivity index (χ4n) is 3.07. The van der Waals surface area contributed by atoms with E-state index in [-0.39, 0.29) is 30.6 Å². The highest BCUT2D eigenvalue weighted by Gasteiger charge is 2.36. The third-order valence-corrected chi connectivity index (χ3v) is 4.03. The van der Waals surface area contributed by atoms with Crippen LogP contribution in [0.15, 0.2) is 0 Å². The molecular formula is C14H22F2O2. The van der Waals surface area contributed by atoms with Gasteiger partial charge in [0.25, 0.3) is 0 Å². The van der Waals surface area contributed by atoms with E-state index < -0.39 is 5.92 Å². The molecule has 104 valence electrons. The van der Waals surface area contributed by atoms with Crippen LogP contribution in [0.3, 0.4) is 0 Å². The fourth-order valence-corrected chi connectivity index (χ4v) is 3.07. The average Bonchev–Trinajstić information content (AvgIpc) is 2.77. The van der Waals surface area contributed by atoms with Crippen molar-refractivity contribution < 1.29 is 18.3 Å². The molecule has 1 aliphatic heterocycles. The number of halogens is 2. The molecule has 2 unspecified atom stereocenters. The van der Waals surface area contributed by atoms with Crippen molar-refractivity contribution in [1.29, 1.82) is 0 Å². The van der Waals surface area contributed by atoms with E-state index in [0.29, 0.717) is 19.3 Å². The zero-order chi connectivity index (χ0) is 13.0. The van der Waals surface area contributed by atoms with Gasteiger partial charge in [-0.25, -0.2) is 8.78 Å². The number of hydrogen-bond donors (Lipinski definition) is 0. The Morgan fingerprint density at radius 3 is 2.78 bits per heavy atom. The Kier molecular flexibility index (Phi) is 4.71. The molecule has 1 heterocycles. The number of carbonyl (C=O) groups is 1. The zero-order valence-corrected chi connectivity index (χ0v) is 10.8. The maximum Gasteiger partial charge on any atom is 0.248 e. The van der Waals surface area contributed by atoms with Crippen molar-refractivity contribution in [3.63, 3.8) is 0 Å². The molecule has 1 saturated heterocycles. The molecule has 2 fully saturated rings. The minimum Gasteiger partial charge on any atom is -0.378 e. The molecule has 0 bridgehead atoms. The molecule has 4 heteroatoms. The number of hydrogen-bond acceptors (Lipinski definition) is 2. The third kappa shape index (κ3) is 4.30. The molecule has 0 aromatic heterocycles. The summed E-state index contributed by atoms with van der Waals surface area (Å²) in [4.78, 5) is 11.8. The number of ether oxygens (including phenoxy) is 1. The van der Waals surface area contributed by atoms with Gasteiger partial charge in [-0.05, 0) is 38.0 Å². The third-order valence-electron chi connectivity index (χ3n) is 4.03. The van der Waals surface area contributed by atoms with Gasteiger partial charge in [-0.15, -0.1) is 0 Å². The summed E-state index contributed by atoms with van der Waals surface area (Å²) in [6.45, 7) is 0.799. The molecule has 0 amide bonds. The summed E-state index contributed by atoms with van der Waals surface area (Å²) in [5.74, 6) is -2.52. The first kappa shape index (κ1) is 13.9. The van der Waals surface area contributed by atoms with Gasteiger partial charge in [0.15, 0.2) is 0 Å². The Morgan fingerprint density at radius 2 is 2.11 bits per heavy atom. The van der Waals surface area contributed by atoms with Crippen LogP contribution in [-0.4, -0.2) is 24.4 Å². The molecule has 0 spiro atoms. The Morgan fingerprint density at radius 1 is 1.28 bits per heavy atom. The maximum atomic E-state index is 13.2. The molecule has 2 nitrogen and oxygen atoms in total. The smallest absolute Gasteiger partial charge is 0.248 e. The molecule has 0 aromatic rings. The predicted octanol–water partition coefficient (Wildman–Crippen LogP) is 3.73. The average molecular weight is 260 g/mol. The zero-order valence-electron chi connectivity index (χ0n) is 10.8. The first-order valence-electron chi connectivity index (χ1n) is 7.06. The summed E-state index contributed by atoms with van der Waals surface area (Å²) >= 11 is 0. The van der Waals surface area contributed by atoms with Crippen LogP contribution in [0, 0.1) is 5.92 Å². The van der Waals surface area contributed by atoms with Crippen LogP contribution in [0.2, 0.25) is 0 Å². The van der Waals surface area contributed by atoms with Crippen molar-refractivity contribution in [2.45, 2.75) is 69.8 Å². The quantitative estimate of drug-likeness (QED) is 0.753. The van der Waals surface area contributed by atoms with Crippen LogP contribution in [-0.2, 0) is 9.53 Å². The summed E-state index contributed by atoms with van der Waals surface area (Å²) in [6.07, 6.45) is 5.16. The van der Waals surface area contributed by atoms with Crippen LogP contribution >= 0.6 is 0 Å². The predicted molar refractivity (Wildman–Crippen MR) is 64.7 cm³/mol.